The summed E-state index contributed by atoms with van der Waals surface area (Å²) in [6.45, 7) is 2.50. The number of rotatable bonds is 5. The number of hydrogen-bond donors (Lipinski definition) is 0. The SMILES string of the molecule is CCOc1ccc2cc(S(=O)(=O)Oc3ccc4ccccc4c3)ccc2c1. The van der Waals surface area contributed by atoms with Gasteiger partial charge in [-0.15, -0.1) is 0 Å². The van der Waals surface area contributed by atoms with Crippen molar-refractivity contribution in [2.24, 2.45) is 0 Å². The van der Waals surface area contributed by atoms with Gasteiger partial charge in [0.25, 0.3) is 0 Å². The van der Waals surface area contributed by atoms with Crippen molar-refractivity contribution in [2.45, 2.75) is 11.8 Å². The van der Waals surface area contributed by atoms with Crippen molar-refractivity contribution < 1.29 is 17.3 Å². The molecule has 0 atom stereocenters. The first kappa shape index (κ1) is 17.4. The highest BCUT2D eigenvalue weighted by atomic mass is 32.2. The van der Waals surface area contributed by atoms with Crippen LogP contribution in [0.15, 0.2) is 83.8 Å². The van der Waals surface area contributed by atoms with Gasteiger partial charge >= 0.3 is 10.1 Å². The Labute approximate surface area is 158 Å². The van der Waals surface area contributed by atoms with E-state index in [4.69, 9.17) is 8.92 Å². The molecule has 136 valence electrons. The fourth-order valence-corrected chi connectivity index (χ4v) is 3.97. The van der Waals surface area contributed by atoms with E-state index in [1.165, 1.54) is 0 Å². The van der Waals surface area contributed by atoms with Crippen molar-refractivity contribution in [1.29, 1.82) is 0 Å². The quantitative estimate of drug-likeness (QED) is 0.450. The zero-order chi connectivity index (χ0) is 18.9. The van der Waals surface area contributed by atoms with Crippen LogP contribution in [0.4, 0.5) is 0 Å². The standard InChI is InChI=1S/C22H18O4S/c1-2-25-20-10-8-19-15-22(12-9-18(19)13-20)27(23,24)26-21-11-7-16-5-3-4-6-17(16)14-21/h3-15H,2H2,1H3. The summed E-state index contributed by atoms with van der Waals surface area (Å²) in [5.74, 6) is 1.05. The van der Waals surface area contributed by atoms with E-state index >= 15 is 0 Å². The van der Waals surface area contributed by atoms with Crippen molar-refractivity contribution >= 4 is 31.7 Å². The van der Waals surface area contributed by atoms with E-state index in [0.29, 0.717) is 12.4 Å². The Balaban J connectivity index is 1.66. The van der Waals surface area contributed by atoms with E-state index in [1.807, 2.05) is 55.5 Å². The molecule has 0 radical (unpaired) electrons. The molecule has 0 aromatic heterocycles. The summed E-state index contributed by atoms with van der Waals surface area (Å²) in [6, 6.07) is 23.4. The first-order chi connectivity index (χ1) is 13.0. The Morgan fingerprint density at radius 2 is 1.30 bits per heavy atom. The maximum Gasteiger partial charge on any atom is 0.339 e. The summed E-state index contributed by atoms with van der Waals surface area (Å²) < 4.78 is 36.2. The summed E-state index contributed by atoms with van der Waals surface area (Å²) in [5.41, 5.74) is 0. The van der Waals surface area contributed by atoms with Gasteiger partial charge < -0.3 is 8.92 Å². The van der Waals surface area contributed by atoms with Crippen LogP contribution in [0.1, 0.15) is 6.92 Å². The summed E-state index contributed by atoms with van der Waals surface area (Å²) in [4.78, 5) is 0.118. The van der Waals surface area contributed by atoms with Crippen LogP contribution in [-0.2, 0) is 10.1 Å². The lowest BCUT2D eigenvalue weighted by Crippen LogP contribution is -2.09. The maximum absolute atomic E-state index is 12.7. The van der Waals surface area contributed by atoms with Gasteiger partial charge in [0.1, 0.15) is 16.4 Å². The van der Waals surface area contributed by atoms with Crippen LogP contribution >= 0.6 is 0 Å². The summed E-state index contributed by atoms with van der Waals surface area (Å²) in [5, 5.41) is 3.66. The minimum absolute atomic E-state index is 0.118. The van der Waals surface area contributed by atoms with Crippen LogP contribution < -0.4 is 8.92 Å². The molecule has 4 rings (SSSR count). The van der Waals surface area contributed by atoms with Gasteiger partial charge in [-0.1, -0.05) is 42.5 Å². The van der Waals surface area contributed by atoms with Crippen LogP contribution in [0, 0.1) is 0 Å². The Morgan fingerprint density at radius 3 is 2.11 bits per heavy atom. The zero-order valence-corrected chi connectivity index (χ0v) is 15.6. The van der Waals surface area contributed by atoms with Crippen LogP contribution in [0.2, 0.25) is 0 Å². The number of fused-ring (bicyclic) bond motifs is 2. The minimum Gasteiger partial charge on any atom is -0.494 e. The molecule has 0 bridgehead atoms. The average molecular weight is 378 g/mol. The second-order valence-corrected chi connectivity index (χ2v) is 7.70. The molecule has 0 amide bonds. The first-order valence-corrected chi connectivity index (χ1v) is 10.1. The van der Waals surface area contributed by atoms with Crippen molar-refractivity contribution in [3.05, 3.63) is 78.9 Å². The molecule has 0 aliphatic carbocycles. The molecule has 27 heavy (non-hydrogen) atoms. The highest BCUT2D eigenvalue weighted by Crippen LogP contribution is 2.27. The molecule has 0 fully saturated rings. The van der Waals surface area contributed by atoms with Gasteiger partial charge in [-0.25, -0.2) is 0 Å². The number of benzene rings is 4. The third-order valence-electron chi connectivity index (χ3n) is 4.31. The fourth-order valence-electron chi connectivity index (χ4n) is 3.01. The molecular weight excluding hydrogens is 360 g/mol. The van der Waals surface area contributed by atoms with Gasteiger partial charge in [0.05, 0.1) is 6.61 Å². The summed E-state index contributed by atoms with van der Waals surface area (Å²) in [6.07, 6.45) is 0. The van der Waals surface area contributed by atoms with E-state index in [9.17, 15) is 8.42 Å². The van der Waals surface area contributed by atoms with E-state index in [0.717, 1.165) is 27.3 Å². The Morgan fingerprint density at radius 1 is 0.704 bits per heavy atom. The smallest absolute Gasteiger partial charge is 0.339 e. The van der Waals surface area contributed by atoms with Crippen molar-refractivity contribution in [3.63, 3.8) is 0 Å². The van der Waals surface area contributed by atoms with E-state index in [1.54, 1.807) is 30.3 Å². The van der Waals surface area contributed by atoms with Gasteiger partial charge in [-0.3, -0.25) is 0 Å². The lowest BCUT2D eigenvalue weighted by atomic mass is 10.1. The topological polar surface area (TPSA) is 52.6 Å². The predicted molar refractivity (Wildman–Crippen MR) is 107 cm³/mol. The highest BCUT2D eigenvalue weighted by molar-refractivity contribution is 7.87. The molecule has 0 saturated heterocycles. The largest absolute Gasteiger partial charge is 0.494 e. The van der Waals surface area contributed by atoms with Crippen molar-refractivity contribution in [2.75, 3.05) is 6.61 Å². The molecule has 0 spiro atoms. The third kappa shape index (κ3) is 3.59. The molecular formula is C22H18O4S. The maximum atomic E-state index is 12.7. The van der Waals surface area contributed by atoms with E-state index < -0.39 is 10.1 Å². The molecule has 0 heterocycles. The molecule has 4 aromatic rings. The zero-order valence-electron chi connectivity index (χ0n) is 14.8. The number of hydrogen-bond acceptors (Lipinski definition) is 4. The molecule has 4 aromatic carbocycles. The Kier molecular flexibility index (Phi) is 4.46. The lowest BCUT2D eigenvalue weighted by molar-refractivity contribution is 0.341. The normalized spacial score (nSPS) is 11.6. The second-order valence-electron chi connectivity index (χ2n) is 6.15. The van der Waals surface area contributed by atoms with Crippen molar-refractivity contribution in [1.82, 2.24) is 0 Å². The van der Waals surface area contributed by atoms with Gasteiger partial charge in [0.2, 0.25) is 0 Å². The van der Waals surface area contributed by atoms with Crippen molar-refractivity contribution in [3.8, 4) is 11.5 Å². The molecule has 0 unspecified atom stereocenters. The average Bonchev–Trinajstić information content (AvgIpc) is 2.67. The molecule has 0 aliphatic rings. The molecule has 0 N–H and O–H groups in total. The molecule has 0 saturated carbocycles. The number of ether oxygens (including phenoxy) is 1. The fraction of sp³-hybridized carbons (Fsp3) is 0.0909. The highest BCUT2D eigenvalue weighted by Gasteiger charge is 2.17. The minimum atomic E-state index is -3.93. The van der Waals surface area contributed by atoms with E-state index in [-0.39, 0.29) is 4.90 Å². The van der Waals surface area contributed by atoms with Crippen LogP contribution in [0.5, 0.6) is 11.5 Å². The molecule has 5 heteroatoms. The first-order valence-electron chi connectivity index (χ1n) is 8.65. The third-order valence-corrected chi connectivity index (χ3v) is 5.55. The van der Waals surface area contributed by atoms with Gasteiger partial charge in [-0.05, 0) is 64.9 Å². The van der Waals surface area contributed by atoms with Gasteiger partial charge in [-0.2, -0.15) is 8.42 Å². The lowest BCUT2D eigenvalue weighted by Gasteiger charge is -2.10. The predicted octanol–water partition coefficient (Wildman–Crippen LogP) is 5.16. The van der Waals surface area contributed by atoms with E-state index in [2.05, 4.69) is 0 Å². The van der Waals surface area contributed by atoms with Crippen LogP contribution in [0.25, 0.3) is 21.5 Å². The van der Waals surface area contributed by atoms with Crippen LogP contribution in [0.3, 0.4) is 0 Å². The van der Waals surface area contributed by atoms with Crippen LogP contribution in [-0.4, -0.2) is 15.0 Å². The molecule has 0 aliphatic heterocycles. The Bertz CT molecular complexity index is 1230. The summed E-state index contributed by atoms with van der Waals surface area (Å²) >= 11 is 0. The summed E-state index contributed by atoms with van der Waals surface area (Å²) in [7, 11) is -3.93. The van der Waals surface area contributed by atoms with Gasteiger partial charge in [0.15, 0.2) is 0 Å². The Hall–Kier alpha value is -3.05. The monoisotopic (exact) mass is 378 g/mol. The van der Waals surface area contributed by atoms with Gasteiger partial charge in [0, 0.05) is 0 Å². The molecule has 4 nitrogen and oxygen atoms in total. The second kappa shape index (κ2) is 6.93.